The summed E-state index contributed by atoms with van der Waals surface area (Å²) in [4.78, 5) is 15.4. The fourth-order valence-corrected chi connectivity index (χ4v) is 1.13. The number of amides is 1. The Morgan fingerprint density at radius 2 is 2.38 bits per heavy atom. The summed E-state index contributed by atoms with van der Waals surface area (Å²) in [5, 5.41) is 2.63. The predicted molar refractivity (Wildman–Crippen MR) is 63.0 cm³/mol. The van der Waals surface area contributed by atoms with E-state index in [9.17, 15) is 4.79 Å². The fraction of sp³-hybridized carbons (Fsp3) is 0.455. The van der Waals surface area contributed by atoms with Crippen LogP contribution in [0.1, 0.15) is 19.8 Å². The second-order valence-electron chi connectivity index (χ2n) is 3.35. The summed E-state index contributed by atoms with van der Waals surface area (Å²) in [6.45, 7) is 3.13. The SMILES string of the molecule is CCCOCCC(=O)Nc1ncccc1N. The van der Waals surface area contributed by atoms with Crippen LogP contribution in [0.15, 0.2) is 18.3 Å². The van der Waals surface area contributed by atoms with E-state index in [1.807, 2.05) is 6.92 Å². The largest absolute Gasteiger partial charge is 0.396 e. The van der Waals surface area contributed by atoms with E-state index in [0.717, 1.165) is 6.42 Å². The number of aromatic nitrogens is 1. The Labute approximate surface area is 95.0 Å². The van der Waals surface area contributed by atoms with Gasteiger partial charge in [-0.2, -0.15) is 0 Å². The van der Waals surface area contributed by atoms with Gasteiger partial charge in [-0.15, -0.1) is 0 Å². The van der Waals surface area contributed by atoms with Crippen LogP contribution in [0.2, 0.25) is 0 Å². The van der Waals surface area contributed by atoms with Gasteiger partial charge in [0, 0.05) is 12.8 Å². The van der Waals surface area contributed by atoms with E-state index in [1.165, 1.54) is 0 Å². The van der Waals surface area contributed by atoms with Crippen molar-refractivity contribution in [2.75, 3.05) is 24.3 Å². The van der Waals surface area contributed by atoms with Gasteiger partial charge in [0.1, 0.15) is 0 Å². The van der Waals surface area contributed by atoms with Crippen LogP contribution in [-0.4, -0.2) is 24.1 Å². The number of rotatable bonds is 6. The summed E-state index contributed by atoms with van der Waals surface area (Å²) < 4.78 is 5.21. The first kappa shape index (κ1) is 12.4. The van der Waals surface area contributed by atoms with Crippen molar-refractivity contribution in [2.24, 2.45) is 0 Å². The molecule has 16 heavy (non-hydrogen) atoms. The zero-order valence-corrected chi connectivity index (χ0v) is 9.40. The molecule has 1 aromatic rings. The molecule has 0 aliphatic heterocycles. The lowest BCUT2D eigenvalue weighted by Crippen LogP contribution is -2.16. The molecule has 0 bridgehead atoms. The van der Waals surface area contributed by atoms with Crippen LogP contribution >= 0.6 is 0 Å². The molecule has 5 nitrogen and oxygen atoms in total. The topological polar surface area (TPSA) is 77.2 Å². The highest BCUT2D eigenvalue weighted by Gasteiger charge is 2.05. The minimum absolute atomic E-state index is 0.137. The smallest absolute Gasteiger partial charge is 0.227 e. The molecule has 1 aromatic heterocycles. The molecule has 5 heteroatoms. The van der Waals surface area contributed by atoms with Gasteiger partial charge in [-0.25, -0.2) is 4.98 Å². The zero-order chi connectivity index (χ0) is 11.8. The van der Waals surface area contributed by atoms with Gasteiger partial charge < -0.3 is 15.8 Å². The molecule has 0 saturated heterocycles. The molecule has 0 fully saturated rings. The van der Waals surface area contributed by atoms with E-state index in [1.54, 1.807) is 18.3 Å². The Balaban J connectivity index is 2.32. The van der Waals surface area contributed by atoms with Crippen LogP contribution in [0.4, 0.5) is 11.5 Å². The average molecular weight is 223 g/mol. The number of anilines is 2. The Morgan fingerprint density at radius 3 is 3.06 bits per heavy atom. The molecule has 0 saturated carbocycles. The first-order chi connectivity index (χ1) is 7.74. The Kier molecular flexibility index (Phi) is 5.28. The molecule has 0 atom stereocenters. The van der Waals surface area contributed by atoms with Crippen molar-refractivity contribution in [2.45, 2.75) is 19.8 Å². The van der Waals surface area contributed by atoms with Gasteiger partial charge >= 0.3 is 0 Å². The third kappa shape index (κ3) is 4.27. The lowest BCUT2D eigenvalue weighted by Gasteiger charge is -2.06. The molecule has 0 aliphatic rings. The van der Waals surface area contributed by atoms with Crippen molar-refractivity contribution in [3.63, 3.8) is 0 Å². The molecular formula is C11H17N3O2. The molecule has 0 radical (unpaired) electrons. The maximum absolute atomic E-state index is 11.4. The monoisotopic (exact) mass is 223 g/mol. The van der Waals surface area contributed by atoms with Gasteiger partial charge in [0.05, 0.1) is 18.7 Å². The molecule has 1 rings (SSSR count). The van der Waals surface area contributed by atoms with E-state index in [4.69, 9.17) is 10.5 Å². The van der Waals surface area contributed by atoms with E-state index in [2.05, 4.69) is 10.3 Å². The quantitative estimate of drug-likeness (QED) is 0.715. The second kappa shape index (κ2) is 6.79. The normalized spacial score (nSPS) is 10.1. The fourth-order valence-electron chi connectivity index (χ4n) is 1.13. The van der Waals surface area contributed by atoms with Crippen molar-refractivity contribution < 1.29 is 9.53 Å². The first-order valence-electron chi connectivity index (χ1n) is 5.32. The van der Waals surface area contributed by atoms with Crippen LogP contribution < -0.4 is 11.1 Å². The number of nitrogen functional groups attached to an aromatic ring is 1. The standard InChI is InChI=1S/C11H17N3O2/c1-2-7-16-8-5-10(15)14-11-9(12)4-3-6-13-11/h3-4,6H,2,5,7-8,12H2,1H3,(H,13,14,15). The van der Waals surface area contributed by atoms with Crippen LogP contribution in [-0.2, 0) is 9.53 Å². The van der Waals surface area contributed by atoms with Gasteiger partial charge in [0.2, 0.25) is 5.91 Å². The Hall–Kier alpha value is -1.62. The number of nitrogens with one attached hydrogen (secondary N) is 1. The zero-order valence-electron chi connectivity index (χ0n) is 9.40. The summed E-state index contributed by atoms with van der Waals surface area (Å²) in [5.74, 6) is 0.268. The van der Waals surface area contributed by atoms with Crippen molar-refractivity contribution in [3.8, 4) is 0 Å². The molecule has 1 heterocycles. The van der Waals surface area contributed by atoms with E-state index < -0.39 is 0 Å². The van der Waals surface area contributed by atoms with Gasteiger partial charge in [0.15, 0.2) is 5.82 Å². The average Bonchev–Trinajstić information content (AvgIpc) is 2.28. The Morgan fingerprint density at radius 1 is 1.56 bits per heavy atom. The minimum atomic E-state index is -0.137. The molecule has 0 aliphatic carbocycles. The maximum atomic E-state index is 11.4. The van der Waals surface area contributed by atoms with Crippen molar-refractivity contribution in [1.29, 1.82) is 0 Å². The van der Waals surface area contributed by atoms with E-state index in [-0.39, 0.29) is 5.91 Å². The Bertz CT molecular complexity index is 342. The second-order valence-corrected chi connectivity index (χ2v) is 3.35. The molecule has 1 amide bonds. The number of nitrogens with zero attached hydrogens (tertiary/aromatic N) is 1. The number of nitrogens with two attached hydrogens (primary N) is 1. The van der Waals surface area contributed by atoms with Gasteiger partial charge in [-0.05, 0) is 18.6 Å². The number of hydrogen-bond donors (Lipinski definition) is 2. The third-order valence-electron chi connectivity index (χ3n) is 1.92. The highest BCUT2D eigenvalue weighted by Crippen LogP contribution is 2.12. The minimum Gasteiger partial charge on any atom is -0.396 e. The molecule has 0 unspecified atom stereocenters. The summed E-state index contributed by atoms with van der Waals surface area (Å²) in [7, 11) is 0. The van der Waals surface area contributed by atoms with Crippen molar-refractivity contribution in [1.82, 2.24) is 4.98 Å². The molecule has 0 spiro atoms. The summed E-state index contributed by atoms with van der Waals surface area (Å²) >= 11 is 0. The predicted octanol–water partition coefficient (Wildman–Crippen LogP) is 1.42. The molecule has 3 N–H and O–H groups in total. The van der Waals surface area contributed by atoms with Crippen LogP contribution in [0, 0.1) is 0 Å². The first-order valence-corrected chi connectivity index (χ1v) is 5.32. The summed E-state index contributed by atoms with van der Waals surface area (Å²) in [5.41, 5.74) is 6.10. The lowest BCUT2D eigenvalue weighted by molar-refractivity contribution is -0.117. The van der Waals surface area contributed by atoms with Gasteiger partial charge in [-0.3, -0.25) is 4.79 Å². The summed E-state index contributed by atoms with van der Waals surface area (Å²) in [6.07, 6.45) is 2.85. The maximum Gasteiger partial charge on any atom is 0.227 e. The highest BCUT2D eigenvalue weighted by atomic mass is 16.5. The number of pyridine rings is 1. The van der Waals surface area contributed by atoms with E-state index >= 15 is 0 Å². The van der Waals surface area contributed by atoms with E-state index in [0.29, 0.717) is 31.1 Å². The van der Waals surface area contributed by atoms with Gasteiger partial charge in [-0.1, -0.05) is 6.92 Å². The van der Waals surface area contributed by atoms with Crippen LogP contribution in [0.5, 0.6) is 0 Å². The van der Waals surface area contributed by atoms with Crippen molar-refractivity contribution in [3.05, 3.63) is 18.3 Å². The number of ether oxygens (including phenoxy) is 1. The molecule has 88 valence electrons. The number of carbonyl (C=O) groups excluding carboxylic acids is 1. The highest BCUT2D eigenvalue weighted by molar-refractivity contribution is 5.92. The number of carbonyl (C=O) groups is 1. The lowest BCUT2D eigenvalue weighted by atomic mass is 10.3. The molecule has 0 aromatic carbocycles. The summed E-state index contributed by atoms with van der Waals surface area (Å²) in [6, 6.07) is 3.41. The molecular weight excluding hydrogens is 206 g/mol. The third-order valence-corrected chi connectivity index (χ3v) is 1.92. The van der Waals surface area contributed by atoms with Crippen LogP contribution in [0.3, 0.4) is 0 Å². The van der Waals surface area contributed by atoms with Gasteiger partial charge in [0.25, 0.3) is 0 Å². The van der Waals surface area contributed by atoms with Crippen molar-refractivity contribution >= 4 is 17.4 Å². The number of hydrogen-bond acceptors (Lipinski definition) is 4. The van der Waals surface area contributed by atoms with Crippen LogP contribution in [0.25, 0.3) is 0 Å².